The Labute approximate surface area is 53.4 Å². The molecule has 0 saturated carbocycles. The lowest BCUT2D eigenvalue weighted by Gasteiger charge is -1.87. The van der Waals surface area contributed by atoms with Crippen molar-refractivity contribution in [3.63, 3.8) is 0 Å². The second-order valence-corrected chi connectivity index (χ2v) is 3.21. The summed E-state index contributed by atoms with van der Waals surface area (Å²) in [7, 11) is -2.53. The summed E-state index contributed by atoms with van der Waals surface area (Å²) in [5.41, 5.74) is 0. The van der Waals surface area contributed by atoms with Crippen molar-refractivity contribution in [3.05, 3.63) is 0 Å². The molecule has 0 radical (unpaired) electrons. The Balaban J connectivity index is 3.57. The first kappa shape index (κ1) is 7.53. The van der Waals surface area contributed by atoms with Crippen molar-refractivity contribution in [2.45, 2.75) is 4.71 Å². The van der Waals surface area contributed by atoms with Crippen molar-refractivity contribution in [3.8, 4) is 0 Å². The number of rotatable bonds is 2. The summed E-state index contributed by atoms with van der Waals surface area (Å²) in [6.45, 7) is 0. The van der Waals surface area contributed by atoms with Crippen molar-refractivity contribution < 1.29 is 8.42 Å². The van der Waals surface area contributed by atoms with Crippen molar-refractivity contribution in [2.24, 2.45) is 0 Å². The zero-order valence-corrected chi connectivity index (χ0v) is 5.71. The lowest BCUT2D eigenvalue weighted by molar-refractivity contribution is 0.613. The van der Waals surface area contributed by atoms with Crippen LogP contribution < -0.4 is 0 Å². The molecular weight excluding hydrogens is 159 g/mol. The molecule has 0 aliphatic rings. The van der Waals surface area contributed by atoms with Crippen LogP contribution in [0, 0.1) is 0 Å². The van der Waals surface area contributed by atoms with Crippen molar-refractivity contribution in [1.29, 1.82) is 0 Å². The predicted molar refractivity (Wildman–Crippen MR) is 30.7 cm³/mol. The van der Waals surface area contributed by atoms with Gasteiger partial charge in [0.25, 0.3) is 0 Å². The highest BCUT2D eigenvalue weighted by molar-refractivity contribution is 7.74. The molecule has 1 atom stereocenters. The monoisotopic (exact) mass is 162 g/mol. The second kappa shape index (κ2) is 3.52. The third-order valence-electron chi connectivity index (χ3n) is 0.356. The van der Waals surface area contributed by atoms with Crippen LogP contribution in [0.3, 0.4) is 0 Å². The van der Waals surface area contributed by atoms with Gasteiger partial charge in [0.1, 0.15) is 4.71 Å². The molecule has 0 bridgehead atoms. The molecule has 0 saturated heterocycles. The van der Waals surface area contributed by atoms with E-state index in [1.54, 1.807) is 0 Å². The minimum atomic E-state index is -2.53. The van der Waals surface area contributed by atoms with E-state index < -0.39 is 15.4 Å². The fourth-order valence-corrected chi connectivity index (χ4v) is 0.507. The molecule has 5 heteroatoms. The van der Waals surface area contributed by atoms with Gasteiger partial charge in [0.2, 0.25) is 0 Å². The zero-order chi connectivity index (χ0) is 5.86. The Bertz CT molecular complexity index is 102. The topological polar surface area (TPSA) is 34.1 Å². The Morgan fingerprint density at radius 2 is 2.00 bits per heavy atom. The number of hydrogen-bond acceptors (Lipinski definition) is 2. The highest BCUT2D eigenvalue weighted by Gasteiger charge is 2.01. The summed E-state index contributed by atoms with van der Waals surface area (Å²) in [6, 6.07) is 0. The van der Waals surface area contributed by atoms with Crippen LogP contribution in [0.2, 0.25) is 0 Å². The summed E-state index contributed by atoms with van der Waals surface area (Å²) >= 11 is 10.1. The Hall–Kier alpha value is 0.530. The van der Waals surface area contributed by atoms with E-state index in [0.717, 1.165) is 0 Å². The van der Waals surface area contributed by atoms with Gasteiger partial charge in [-0.05, 0) is 0 Å². The van der Waals surface area contributed by atoms with Crippen LogP contribution in [0.1, 0.15) is 0 Å². The zero-order valence-electron chi connectivity index (χ0n) is 3.30. The maximum Gasteiger partial charge on any atom is 0.158 e. The first-order valence-corrected chi connectivity index (χ1v) is 3.73. The van der Waals surface area contributed by atoms with Gasteiger partial charge in [0, 0.05) is 0 Å². The number of alkyl halides is 2. The molecule has 2 nitrogen and oxygen atoms in total. The molecule has 0 aliphatic carbocycles. The Kier molecular flexibility index (Phi) is 3.79. The van der Waals surface area contributed by atoms with E-state index in [2.05, 4.69) is 0 Å². The standard InChI is InChI=1S/C2H4Cl2O2S/c3-1-2(4)7(5)6/h2,7H,1H2. The summed E-state index contributed by atoms with van der Waals surface area (Å²) in [5.74, 6) is -0.0414. The third-order valence-corrected chi connectivity index (χ3v) is 2.31. The summed E-state index contributed by atoms with van der Waals surface area (Å²) in [6.07, 6.45) is 0. The molecule has 0 N–H and O–H groups in total. The van der Waals surface area contributed by atoms with Gasteiger partial charge >= 0.3 is 0 Å². The minimum Gasteiger partial charge on any atom is -0.230 e. The van der Waals surface area contributed by atoms with Crippen LogP contribution in [-0.2, 0) is 10.7 Å². The molecule has 0 aromatic carbocycles. The molecule has 0 aromatic heterocycles. The molecular formula is C2H4Cl2O2S. The highest BCUT2D eigenvalue weighted by Crippen LogP contribution is 1.96. The average molecular weight is 163 g/mol. The predicted octanol–water partition coefficient (Wildman–Crippen LogP) is 0.402. The van der Waals surface area contributed by atoms with Crippen LogP contribution in [0.15, 0.2) is 0 Å². The summed E-state index contributed by atoms with van der Waals surface area (Å²) in [5, 5.41) is 0. The normalized spacial score (nSPS) is 14.7. The lowest BCUT2D eigenvalue weighted by Crippen LogP contribution is -2.00. The fraction of sp³-hybridized carbons (Fsp3) is 1.00. The van der Waals surface area contributed by atoms with Gasteiger partial charge < -0.3 is 0 Å². The SMILES string of the molecule is O=[SH](=O)C(Cl)CCl. The van der Waals surface area contributed by atoms with Gasteiger partial charge in [-0.3, -0.25) is 0 Å². The molecule has 0 rings (SSSR count). The molecule has 1 unspecified atom stereocenters. The highest BCUT2D eigenvalue weighted by atomic mass is 35.5. The van der Waals surface area contributed by atoms with Crippen molar-refractivity contribution in [2.75, 3.05) is 5.88 Å². The van der Waals surface area contributed by atoms with Crippen LogP contribution in [0.5, 0.6) is 0 Å². The number of hydrogen-bond donors (Lipinski definition) is 1. The number of halogens is 2. The van der Waals surface area contributed by atoms with E-state index in [1.807, 2.05) is 0 Å². The van der Waals surface area contributed by atoms with E-state index in [1.165, 1.54) is 0 Å². The van der Waals surface area contributed by atoms with Gasteiger partial charge in [0.15, 0.2) is 10.7 Å². The van der Waals surface area contributed by atoms with Gasteiger partial charge in [-0.15, -0.1) is 23.2 Å². The second-order valence-electron chi connectivity index (χ2n) is 0.874. The molecule has 0 fully saturated rings. The third kappa shape index (κ3) is 3.14. The van der Waals surface area contributed by atoms with Crippen LogP contribution in [0.25, 0.3) is 0 Å². The fourth-order valence-electron chi connectivity index (χ4n) is 0.0563. The minimum absolute atomic E-state index is 0.0414. The van der Waals surface area contributed by atoms with Crippen molar-refractivity contribution >= 4 is 33.9 Å². The molecule has 0 spiro atoms. The smallest absolute Gasteiger partial charge is 0.158 e. The van der Waals surface area contributed by atoms with E-state index in [-0.39, 0.29) is 5.88 Å². The molecule has 7 heavy (non-hydrogen) atoms. The molecule has 44 valence electrons. The van der Waals surface area contributed by atoms with Gasteiger partial charge in [-0.2, -0.15) is 0 Å². The van der Waals surface area contributed by atoms with Crippen molar-refractivity contribution in [1.82, 2.24) is 0 Å². The maximum absolute atomic E-state index is 9.75. The Morgan fingerprint density at radius 1 is 1.57 bits per heavy atom. The number of thiol groups is 1. The Morgan fingerprint density at radius 3 is 2.00 bits per heavy atom. The quantitative estimate of drug-likeness (QED) is 0.472. The van der Waals surface area contributed by atoms with Gasteiger partial charge in [-0.1, -0.05) is 0 Å². The van der Waals surface area contributed by atoms with E-state index >= 15 is 0 Å². The van der Waals surface area contributed by atoms with Crippen LogP contribution in [-0.4, -0.2) is 19.0 Å². The first-order chi connectivity index (χ1) is 3.18. The van der Waals surface area contributed by atoms with E-state index in [9.17, 15) is 8.42 Å². The van der Waals surface area contributed by atoms with E-state index in [0.29, 0.717) is 0 Å². The summed E-state index contributed by atoms with van der Waals surface area (Å²) < 4.78 is 18.6. The summed E-state index contributed by atoms with van der Waals surface area (Å²) in [4.78, 5) is 0. The van der Waals surface area contributed by atoms with Gasteiger partial charge in [0.05, 0.1) is 5.88 Å². The van der Waals surface area contributed by atoms with E-state index in [4.69, 9.17) is 23.2 Å². The molecule has 0 heterocycles. The first-order valence-electron chi connectivity index (χ1n) is 1.52. The van der Waals surface area contributed by atoms with Crippen LogP contribution >= 0.6 is 23.2 Å². The lowest BCUT2D eigenvalue weighted by atomic mass is 10.9. The maximum atomic E-state index is 9.75. The average Bonchev–Trinajstić information content (AvgIpc) is 1.65. The molecule has 0 amide bonds. The molecule has 0 aromatic rings. The largest absolute Gasteiger partial charge is 0.230 e. The molecule has 0 aliphatic heterocycles. The van der Waals surface area contributed by atoms with Gasteiger partial charge in [-0.25, -0.2) is 8.42 Å². The van der Waals surface area contributed by atoms with Crippen LogP contribution in [0.4, 0.5) is 0 Å².